The Hall–Kier alpha value is -4.42. The molecule has 0 radical (unpaired) electrons. The van der Waals surface area contributed by atoms with Gasteiger partial charge in [0.05, 0.1) is 31.5 Å². The molecule has 0 spiro atoms. The predicted octanol–water partition coefficient (Wildman–Crippen LogP) is 4.92. The minimum Gasteiger partial charge on any atom is -0.493 e. The molecular weight excluding hydrogens is 636 g/mol. The number of ether oxygens (including phenoxy) is 4. The van der Waals surface area contributed by atoms with Crippen LogP contribution in [0.15, 0.2) is 87.6 Å². The Balaban J connectivity index is 1.36. The third-order valence-electron chi connectivity index (χ3n) is 6.25. The minimum atomic E-state index is -0.623. The van der Waals surface area contributed by atoms with Crippen molar-refractivity contribution in [2.24, 2.45) is 5.10 Å². The number of rotatable bonds is 12. The minimum absolute atomic E-state index is 0.225. The van der Waals surface area contributed by atoms with Crippen LogP contribution in [0.3, 0.4) is 0 Å². The molecule has 10 nitrogen and oxygen atoms in total. The van der Waals surface area contributed by atoms with Crippen molar-refractivity contribution in [3.63, 3.8) is 0 Å². The predicted molar refractivity (Wildman–Crippen MR) is 170 cm³/mol. The highest BCUT2D eigenvalue weighted by Crippen LogP contribution is 2.33. The number of carbonyl (C=O) groups excluding carboxylic acids is 2. The Morgan fingerprint density at radius 2 is 1.81 bits per heavy atom. The van der Waals surface area contributed by atoms with Gasteiger partial charge in [0.2, 0.25) is 0 Å². The average molecular weight is 668 g/mol. The van der Waals surface area contributed by atoms with Crippen molar-refractivity contribution in [2.75, 3.05) is 20.3 Å². The van der Waals surface area contributed by atoms with Crippen molar-refractivity contribution in [1.82, 2.24) is 16.1 Å². The number of hydrazone groups is 1. The van der Waals surface area contributed by atoms with E-state index in [9.17, 15) is 9.59 Å². The van der Waals surface area contributed by atoms with Crippen molar-refractivity contribution in [3.8, 4) is 17.2 Å². The molecule has 3 aromatic rings. The zero-order chi connectivity index (χ0) is 30.8. The van der Waals surface area contributed by atoms with Gasteiger partial charge in [-0.3, -0.25) is 4.79 Å². The lowest BCUT2D eigenvalue weighted by Crippen LogP contribution is -2.45. The Morgan fingerprint density at radius 3 is 2.56 bits per heavy atom. The summed E-state index contributed by atoms with van der Waals surface area (Å²) in [5.41, 5.74) is 5.75. The number of methoxy groups -OCH3 is 1. The molecule has 1 amide bonds. The molecule has 0 aromatic heterocycles. The van der Waals surface area contributed by atoms with E-state index in [0.29, 0.717) is 51.4 Å². The Labute approximate surface area is 263 Å². The molecule has 12 heteroatoms. The topological polar surface area (TPSA) is 120 Å². The number of nitrogens with zero attached hydrogens (tertiary/aromatic N) is 1. The highest BCUT2D eigenvalue weighted by molar-refractivity contribution is 9.10. The molecule has 224 valence electrons. The molecule has 0 unspecified atom stereocenters. The van der Waals surface area contributed by atoms with Gasteiger partial charge in [-0.25, -0.2) is 10.2 Å². The highest BCUT2D eigenvalue weighted by Gasteiger charge is 2.32. The second-order valence-corrected chi connectivity index (χ2v) is 10.6. The van der Waals surface area contributed by atoms with Crippen LogP contribution < -0.4 is 30.3 Å². The fourth-order valence-corrected chi connectivity index (χ4v) is 4.77. The molecule has 43 heavy (non-hydrogen) atoms. The average Bonchev–Trinajstić information content (AvgIpc) is 3.00. The van der Waals surface area contributed by atoms with Crippen LogP contribution >= 0.6 is 28.1 Å². The number of halogens is 1. The first-order valence-electron chi connectivity index (χ1n) is 13.3. The largest absolute Gasteiger partial charge is 0.493 e. The number of para-hydroxylation sites is 1. The van der Waals surface area contributed by atoms with Crippen LogP contribution in [0.25, 0.3) is 0 Å². The van der Waals surface area contributed by atoms with Gasteiger partial charge in [-0.05, 0) is 73.6 Å². The summed E-state index contributed by atoms with van der Waals surface area (Å²) in [6.45, 7) is 3.79. The normalized spacial score (nSPS) is 14.5. The van der Waals surface area contributed by atoms with Gasteiger partial charge in [0.25, 0.3) is 5.91 Å². The van der Waals surface area contributed by atoms with E-state index in [1.54, 1.807) is 57.4 Å². The molecule has 0 saturated carbocycles. The fourth-order valence-electron chi connectivity index (χ4n) is 4.24. The number of thiocarbonyl (C=S) groups is 1. The van der Waals surface area contributed by atoms with Gasteiger partial charge in [0.1, 0.15) is 12.4 Å². The van der Waals surface area contributed by atoms with Crippen LogP contribution in [0.2, 0.25) is 0 Å². The molecule has 0 aliphatic carbocycles. The van der Waals surface area contributed by atoms with E-state index in [0.717, 1.165) is 10.0 Å². The molecule has 3 N–H and O–H groups in total. The third kappa shape index (κ3) is 8.55. The summed E-state index contributed by atoms with van der Waals surface area (Å²) in [5.74, 6) is 0.569. The number of allylic oxidation sites excluding steroid dienone is 1. The van der Waals surface area contributed by atoms with E-state index in [-0.39, 0.29) is 13.2 Å². The van der Waals surface area contributed by atoms with E-state index in [4.69, 9.17) is 31.2 Å². The van der Waals surface area contributed by atoms with Crippen molar-refractivity contribution in [1.29, 1.82) is 0 Å². The molecule has 1 aliphatic rings. The quantitative estimate of drug-likeness (QED) is 0.107. The maximum absolute atomic E-state index is 12.7. The lowest BCUT2D eigenvalue weighted by Gasteiger charge is -2.30. The molecule has 1 atom stereocenters. The van der Waals surface area contributed by atoms with Gasteiger partial charge < -0.3 is 29.6 Å². The summed E-state index contributed by atoms with van der Waals surface area (Å²) in [4.78, 5) is 25.3. The summed E-state index contributed by atoms with van der Waals surface area (Å²) < 4.78 is 23.5. The lowest BCUT2D eigenvalue weighted by atomic mass is 9.95. The van der Waals surface area contributed by atoms with Gasteiger partial charge in [-0.2, -0.15) is 5.10 Å². The van der Waals surface area contributed by atoms with Gasteiger partial charge >= 0.3 is 5.97 Å². The molecule has 3 aromatic carbocycles. The zero-order valence-electron chi connectivity index (χ0n) is 23.8. The Kier molecular flexibility index (Phi) is 11.1. The van der Waals surface area contributed by atoms with E-state index >= 15 is 0 Å². The van der Waals surface area contributed by atoms with E-state index in [1.165, 1.54) is 6.21 Å². The second-order valence-electron chi connectivity index (χ2n) is 9.24. The lowest BCUT2D eigenvalue weighted by molar-refractivity contribution is -0.139. The first-order chi connectivity index (χ1) is 20.8. The SMILES string of the molecule is CCOC(=O)C1=C(C)NC(=S)N[C@H]1c1ccccc1OCC(=O)NN=Cc1ccc(OCc2ccc(Br)cc2)c(OC)c1. The van der Waals surface area contributed by atoms with Crippen molar-refractivity contribution in [2.45, 2.75) is 26.5 Å². The Morgan fingerprint density at radius 1 is 1.05 bits per heavy atom. The number of amides is 1. The van der Waals surface area contributed by atoms with E-state index in [2.05, 4.69) is 37.1 Å². The number of hydrogen-bond donors (Lipinski definition) is 3. The van der Waals surface area contributed by atoms with Gasteiger partial charge in [-0.15, -0.1) is 0 Å². The number of hydrogen-bond acceptors (Lipinski definition) is 8. The number of nitrogens with one attached hydrogen (secondary N) is 3. The molecular formula is C31H31BrN4O6S. The Bertz CT molecular complexity index is 1540. The summed E-state index contributed by atoms with van der Waals surface area (Å²) in [6.07, 6.45) is 1.49. The van der Waals surface area contributed by atoms with Crippen LogP contribution in [-0.2, 0) is 20.9 Å². The van der Waals surface area contributed by atoms with E-state index < -0.39 is 17.9 Å². The van der Waals surface area contributed by atoms with Crippen LogP contribution in [0.4, 0.5) is 0 Å². The maximum atomic E-state index is 12.7. The molecule has 0 fully saturated rings. The van der Waals surface area contributed by atoms with Crippen LogP contribution in [0.5, 0.6) is 17.2 Å². The van der Waals surface area contributed by atoms with Crippen molar-refractivity contribution in [3.05, 3.63) is 99.2 Å². The van der Waals surface area contributed by atoms with Crippen LogP contribution in [0, 0.1) is 0 Å². The van der Waals surface area contributed by atoms with Crippen LogP contribution in [0.1, 0.15) is 36.6 Å². The first kappa shape index (κ1) is 31.5. The van der Waals surface area contributed by atoms with Crippen LogP contribution in [-0.4, -0.2) is 43.5 Å². The van der Waals surface area contributed by atoms with Crippen molar-refractivity contribution >= 4 is 51.4 Å². The van der Waals surface area contributed by atoms with Gasteiger partial charge in [-0.1, -0.05) is 46.3 Å². The first-order valence-corrected chi connectivity index (χ1v) is 14.5. The standard InChI is InChI=1S/C31H31BrN4O6S/c1-4-40-30(38)28-19(2)34-31(43)35-29(28)23-7-5-6-8-24(23)42-18-27(37)36-33-16-21-11-14-25(26(15-21)39-3)41-17-20-9-12-22(32)13-10-20/h5-16,29H,4,17-18H2,1-3H3,(H,36,37)(H2,34,35,43)/t29-/m0/s1. The van der Waals surface area contributed by atoms with E-state index in [1.807, 2.05) is 30.3 Å². The second kappa shape index (κ2) is 15.2. The molecule has 1 heterocycles. The zero-order valence-corrected chi connectivity index (χ0v) is 26.2. The third-order valence-corrected chi connectivity index (χ3v) is 7.00. The van der Waals surface area contributed by atoms with Gasteiger partial charge in [0, 0.05) is 15.7 Å². The smallest absolute Gasteiger partial charge is 0.338 e. The summed E-state index contributed by atoms with van der Waals surface area (Å²) >= 11 is 8.74. The summed E-state index contributed by atoms with van der Waals surface area (Å²) in [7, 11) is 1.55. The molecule has 0 saturated heterocycles. The molecule has 1 aliphatic heterocycles. The number of esters is 1. The molecule has 0 bridgehead atoms. The number of benzene rings is 3. The number of carbonyl (C=O) groups is 2. The van der Waals surface area contributed by atoms with Gasteiger partial charge in [0.15, 0.2) is 23.2 Å². The summed E-state index contributed by atoms with van der Waals surface area (Å²) in [5, 5.41) is 10.5. The highest BCUT2D eigenvalue weighted by atomic mass is 79.9. The fraction of sp³-hybridized carbons (Fsp3) is 0.226. The van der Waals surface area contributed by atoms with Crippen molar-refractivity contribution < 1.29 is 28.5 Å². The maximum Gasteiger partial charge on any atom is 0.338 e. The summed E-state index contributed by atoms with van der Waals surface area (Å²) in [6, 6.07) is 19.7. The monoisotopic (exact) mass is 666 g/mol. The molecule has 4 rings (SSSR count).